The van der Waals surface area contributed by atoms with Gasteiger partial charge in [-0.05, 0) is 38.5 Å². The predicted octanol–water partition coefficient (Wildman–Crippen LogP) is 2.23. The number of methoxy groups -OCH3 is 1. The van der Waals surface area contributed by atoms with E-state index < -0.39 is 17.7 Å². The first-order chi connectivity index (χ1) is 11.4. The zero-order chi connectivity index (χ0) is 18.2. The molecule has 0 bridgehead atoms. The van der Waals surface area contributed by atoms with Crippen LogP contribution in [0.2, 0.25) is 0 Å². The highest BCUT2D eigenvalue weighted by molar-refractivity contribution is 5.80. The maximum absolute atomic E-state index is 12.2. The summed E-state index contributed by atoms with van der Waals surface area (Å²) in [6.45, 7) is 4.91. The number of ether oxygens (including phenoxy) is 3. The lowest BCUT2D eigenvalue weighted by atomic mass is 9.93. The van der Waals surface area contributed by atoms with Crippen molar-refractivity contribution < 1.29 is 28.6 Å². The van der Waals surface area contributed by atoms with Gasteiger partial charge < -0.3 is 19.0 Å². The third-order valence-electron chi connectivity index (χ3n) is 3.30. The Morgan fingerprint density at radius 2 is 1.75 bits per heavy atom. The molecule has 0 aliphatic rings. The predicted molar refractivity (Wildman–Crippen MR) is 85.4 cm³/mol. The molecular weight excluding hydrogens is 316 g/mol. The fourth-order valence-corrected chi connectivity index (χ4v) is 1.97. The summed E-state index contributed by atoms with van der Waals surface area (Å²) in [5.74, 6) is 0.591. The Morgan fingerprint density at radius 3 is 2.21 bits per heavy atom. The molecule has 24 heavy (non-hydrogen) atoms. The average Bonchev–Trinajstić information content (AvgIpc) is 2.59. The minimum atomic E-state index is -1.49. The number of carbonyl (C=O) groups excluding carboxylic acids is 3. The number of aldehydes is 1. The van der Waals surface area contributed by atoms with Crippen LogP contribution in [0.1, 0.15) is 26.3 Å². The van der Waals surface area contributed by atoms with Crippen molar-refractivity contribution in [3.05, 3.63) is 29.8 Å². The summed E-state index contributed by atoms with van der Waals surface area (Å²) in [4.78, 5) is 35.8. The Kier molecular flexibility index (Phi) is 7.03. The number of carbonyl (C=O) groups is 3. The molecule has 0 fully saturated rings. The van der Waals surface area contributed by atoms with Gasteiger partial charge in [-0.1, -0.05) is 12.1 Å². The summed E-state index contributed by atoms with van der Waals surface area (Å²) >= 11 is 0. The van der Waals surface area contributed by atoms with E-state index >= 15 is 0 Å². The van der Waals surface area contributed by atoms with Crippen molar-refractivity contribution in [3.63, 3.8) is 0 Å². The van der Waals surface area contributed by atoms with Crippen molar-refractivity contribution in [1.29, 1.82) is 0 Å². The number of hydrogen-bond donors (Lipinski definition) is 1. The van der Waals surface area contributed by atoms with Gasteiger partial charge in [-0.25, -0.2) is 15.0 Å². The Bertz CT molecular complexity index is 574. The fourth-order valence-electron chi connectivity index (χ4n) is 1.97. The largest absolute Gasteiger partial charge is 0.497 e. The maximum atomic E-state index is 12.2. The SMILES string of the molecule is CCOC(=O)NN(C(=O)OCC)[C@@](C)(C=O)c1ccc(OC)cc1. The molecule has 0 spiro atoms. The summed E-state index contributed by atoms with van der Waals surface area (Å²) in [5, 5.41) is 0.809. The lowest BCUT2D eigenvalue weighted by Gasteiger charge is -2.35. The minimum absolute atomic E-state index is 0.0807. The fraction of sp³-hybridized carbons (Fsp3) is 0.438. The number of nitrogens with one attached hydrogen (secondary N) is 1. The summed E-state index contributed by atoms with van der Waals surface area (Å²) in [7, 11) is 1.52. The van der Waals surface area contributed by atoms with Crippen LogP contribution in [0.4, 0.5) is 9.59 Å². The van der Waals surface area contributed by atoms with E-state index in [9.17, 15) is 14.4 Å². The first-order valence-corrected chi connectivity index (χ1v) is 7.44. The molecular formula is C16H22N2O6. The van der Waals surface area contributed by atoms with Gasteiger partial charge in [0.1, 0.15) is 11.3 Å². The average molecular weight is 338 g/mol. The highest BCUT2D eigenvalue weighted by atomic mass is 16.6. The molecule has 0 saturated carbocycles. The number of nitrogens with zero attached hydrogens (tertiary/aromatic N) is 1. The molecule has 8 nitrogen and oxygen atoms in total. The Labute approximate surface area is 140 Å². The topological polar surface area (TPSA) is 94.2 Å². The molecule has 0 heterocycles. The second kappa shape index (κ2) is 8.76. The number of amides is 2. The molecule has 1 aromatic rings. The van der Waals surface area contributed by atoms with Crippen LogP contribution in [0.3, 0.4) is 0 Å². The van der Waals surface area contributed by atoms with E-state index in [0.717, 1.165) is 5.01 Å². The molecule has 0 saturated heterocycles. The van der Waals surface area contributed by atoms with Gasteiger partial charge in [0, 0.05) is 0 Å². The van der Waals surface area contributed by atoms with Gasteiger partial charge in [-0.15, -0.1) is 0 Å². The number of hydrogen-bond acceptors (Lipinski definition) is 6. The van der Waals surface area contributed by atoms with Crippen molar-refractivity contribution >= 4 is 18.5 Å². The molecule has 8 heteroatoms. The zero-order valence-electron chi connectivity index (χ0n) is 14.2. The van der Waals surface area contributed by atoms with Crippen LogP contribution in [0.25, 0.3) is 0 Å². The van der Waals surface area contributed by atoms with Crippen molar-refractivity contribution in [3.8, 4) is 5.75 Å². The smallest absolute Gasteiger partial charge is 0.430 e. The molecule has 0 radical (unpaired) electrons. The molecule has 1 rings (SSSR count). The molecule has 0 aliphatic heterocycles. The normalized spacial score (nSPS) is 12.5. The van der Waals surface area contributed by atoms with Gasteiger partial charge in [-0.2, -0.15) is 5.01 Å². The molecule has 1 N–H and O–H groups in total. The van der Waals surface area contributed by atoms with E-state index in [1.807, 2.05) is 0 Å². The van der Waals surface area contributed by atoms with Crippen LogP contribution in [0.15, 0.2) is 24.3 Å². The number of hydrazine groups is 1. The van der Waals surface area contributed by atoms with E-state index in [2.05, 4.69) is 5.43 Å². The Morgan fingerprint density at radius 1 is 1.17 bits per heavy atom. The zero-order valence-corrected chi connectivity index (χ0v) is 14.2. The molecule has 0 aliphatic carbocycles. The quantitative estimate of drug-likeness (QED) is 0.631. The van der Waals surface area contributed by atoms with Crippen LogP contribution < -0.4 is 10.2 Å². The van der Waals surface area contributed by atoms with Gasteiger partial charge in [0.05, 0.1) is 20.3 Å². The van der Waals surface area contributed by atoms with Crippen LogP contribution >= 0.6 is 0 Å². The van der Waals surface area contributed by atoms with E-state index in [-0.39, 0.29) is 13.2 Å². The third kappa shape index (κ3) is 4.37. The van der Waals surface area contributed by atoms with Gasteiger partial charge in [0.2, 0.25) is 0 Å². The van der Waals surface area contributed by atoms with Crippen LogP contribution in [0.5, 0.6) is 5.75 Å². The standard InChI is InChI=1S/C16H22N2O6/c1-5-23-14(20)17-18(15(21)24-6-2)16(3,11-19)12-7-9-13(22-4)10-8-12/h7-11H,5-6H2,1-4H3,(H,17,20)/t16-/m0/s1. The van der Waals surface area contributed by atoms with Gasteiger partial charge in [0.25, 0.3) is 0 Å². The maximum Gasteiger partial charge on any atom is 0.430 e. The molecule has 0 unspecified atom stereocenters. The van der Waals surface area contributed by atoms with Crippen LogP contribution in [0, 0.1) is 0 Å². The molecule has 1 atom stereocenters. The highest BCUT2D eigenvalue weighted by Gasteiger charge is 2.40. The van der Waals surface area contributed by atoms with Gasteiger partial charge in [0.15, 0.2) is 6.29 Å². The van der Waals surface area contributed by atoms with Crippen molar-refractivity contribution in [2.75, 3.05) is 20.3 Å². The lowest BCUT2D eigenvalue weighted by molar-refractivity contribution is -0.119. The lowest BCUT2D eigenvalue weighted by Crippen LogP contribution is -2.58. The van der Waals surface area contributed by atoms with E-state index in [0.29, 0.717) is 17.6 Å². The van der Waals surface area contributed by atoms with Crippen molar-refractivity contribution in [1.82, 2.24) is 10.4 Å². The third-order valence-corrected chi connectivity index (χ3v) is 3.30. The highest BCUT2D eigenvalue weighted by Crippen LogP contribution is 2.27. The number of rotatable bonds is 6. The number of benzene rings is 1. The summed E-state index contributed by atoms with van der Waals surface area (Å²) in [6, 6.07) is 6.52. The molecule has 1 aromatic carbocycles. The molecule has 0 aromatic heterocycles. The van der Waals surface area contributed by atoms with Crippen LogP contribution in [-0.4, -0.2) is 43.8 Å². The summed E-state index contributed by atoms with van der Waals surface area (Å²) in [5.41, 5.74) is 1.22. The summed E-state index contributed by atoms with van der Waals surface area (Å²) < 4.78 is 14.8. The monoisotopic (exact) mass is 338 g/mol. The second-order valence-corrected chi connectivity index (χ2v) is 4.86. The first kappa shape index (κ1) is 19.3. The molecule has 132 valence electrons. The van der Waals surface area contributed by atoms with E-state index in [1.54, 1.807) is 38.1 Å². The summed E-state index contributed by atoms with van der Waals surface area (Å²) in [6.07, 6.45) is -1.21. The van der Waals surface area contributed by atoms with Crippen LogP contribution in [-0.2, 0) is 19.8 Å². The van der Waals surface area contributed by atoms with Gasteiger partial charge in [-0.3, -0.25) is 0 Å². The van der Waals surface area contributed by atoms with Crippen molar-refractivity contribution in [2.24, 2.45) is 0 Å². The molecule has 2 amide bonds. The van der Waals surface area contributed by atoms with Crippen molar-refractivity contribution in [2.45, 2.75) is 26.3 Å². The van der Waals surface area contributed by atoms with Gasteiger partial charge >= 0.3 is 12.2 Å². The second-order valence-electron chi connectivity index (χ2n) is 4.86. The van der Waals surface area contributed by atoms with E-state index in [1.165, 1.54) is 14.0 Å². The Balaban J connectivity index is 3.23. The minimum Gasteiger partial charge on any atom is -0.497 e. The van der Waals surface area contributed by atoms with E-state index in [4.69, 9.17) is 14.2 Å². The Hall–Kier alpha value is -2.77. The first-order valence-electron chi connectivity index (χ1n) is 7.44.